The number of alkyl halides is 2. The van der Waals surface area contributed by atoms with Crippen LogP contribution >= 0.6 is 0 Å². The number of hydrogen-bond acceptors (Lipinski definition) is 3. The Morgan fingerprint density at radius 2 is 1.85 bits per heavy atom. The second kappa shape index (κ2) is 8.48. The quantitative estimate of drug-likeness (QED) is 0.807. The van der Waals surface area contributed by atoms with Gasteiger partial charge in [0, 0.05) is 24.7 Å². The molecule has 0 bridgehead atoms. The van der Waals surface area contributed by atoms with Crippen molar-refractivity contribution < 1.29 is 18.3 Å². The second-order valence-corrected chi connectivity index (χ2v) is 6.95. The van der Waals surface area contributed by atoms with Crippen LogP contribution in [0.15, 0.2) is 48.5 Å². The summed E-state index contributed by atoms with van der Waals surface area (Å²) in [6.07, 6.45) is 0.956. The fourth-order valence-electron chi connectivity index (χ4n) is 3.50. The van der Waals surface area contributed by atoms with Crippen molar-refractivity contribution in [2.75, 3.05) is 26.7 Å². The van der Waals surface area contributed by atoms with Crippen LogP contribution in [0.2, 0.25) is 0 Å². The van der Waals surface area contributed by atoms with Crippen LogP contribution in [0.5, 0.6) is 5.75 Å². The van der Waals surface area contributed by atoms with E-state index in [1.54, 1.807) is 12.1 Å². The minimum absolute atomic E-state index is 0.0253. The molecular formula is C21H24F2N2O2. The van der Waals surface area contributed by atoms with E-state index < -0.39 is 6.61 Å². The summed E-state index contributed by atoms with van der Waals surface area (Å²) in [6, 6.07) is 14.0. The Labute approximate surface area is 158 Å². The smallest absolute Gasteiger partial charge is 0.387 e. The van der Waals surface area contributed by atoms with E-state index in [9.17, 15) is 13.6 Å². The summed E-state index contributed by atoms with van der Waals surface area (Å²) < 4.78 is 28.9. The van der Waals surface area contributed by atoms with Gasteiger partial charge in [0.05, 0.1) is 0 Å². The Morgan fingerprint density at radius 3 is 2.56 bits per heavy atom. The van der Waals surface area contributed by atoms with Crippen LogP contribution in [0.3, 0.4) is 0 Å². The summed E-state index contributed by atoms with van der Waals surface area (Å²) in [7, 11) is 2.08. The highest BCUT2D eigenvalue weighted by Gasteiger charge is 2.25. The summed E-state index contributed by atoms with van der Waals surface area (Å²) in [5.41, 5.74) is 2.34. The van der Waals surface area contributed by atoms with Gasteiger partial charge in [0.15, 0.2) is 0 Å². The van der Waals surface area contributed by atoms with Crippen molar-refractivity contribution in [1.29, 1.82) is 0 Å². The van der Waals surface area contributed by atoms with Crippen molar-refractivity contribution in [2.45, 2.75) is 26.0 Å². The molecule has 1 saturated heterocycles. The van der Waals surface area contributed by atoms with Gasteiger partial charge in [0.1, 0.15) is 5.75 Å². The van der Waals surface area contributed by atoms with Gasteiger partial charge in [-0.1, -0.05) is 24.3 Å². The molecule has 6 heteroatoms. The highest BCUT2D eigenvalue weighted by Crippen LogP contribution is 2.25. The molecule has 3 rings (SSSR count). The molecule has 0 radical (unpaired) electrons. The van der Waals surface area contributed by atoms with E-state index in [4.69, 9.17) is 0 Å². The largest absolute Gasteiger partial charge is 0.435 e. The highest BCUT2D eigenvalue weighted by atomic mass is 19.3. The Bertz CT molecular complexity index is 780. The average molecular weight is 374 g/mol. The second-order valence-electron chi connectivity index (χ2n) is 6.95. The lowest BCUT2D eigenvalue weighted by Gasteiger charge is -2.28. The molecule has 0 saturated carbocycles. The minimum Gasteiger partial charge on any atom is -0.435 e. The van der Waals surface area contributed by atoms with Crippen molar-refractivity contribution >= 4 is 5.91 Å². The molecule has 0 spiro atoms. The zero-order chi connectivity index (χ0) is 19.4. The van der Waals surface area contributed by atoms with Crippen molar-refractivity contribution in [3.63, 3.8) is 0 Å². The van der Waals surface area contributed by atoms with E-state index in [0.29, 0.717) is 5.56 Å². The average Bonchev–Trinajstić information content (AvgIpc) is 2.81. The highest BCUT2D eigenvalue weighted by molar-refractivity contribution is 5.95. The first-order valence-electron chi connectivity index (χ1n) is 9.09. The van der Waals surface area contributed by atoms with Gasteiger partial charge in [0.25, 0.3) is 5.91 Å². The number of rotatable bonds is 4. The van der Waals surface area contributed by atoms with Gasteiger partial charge in [-0.15, -0.1) is 0 Å². The SMILES string of the molecule is CC1CN(C)CCCN1C(=O)c1cccc(-c2ccc(OC(F)F)cc2)c1. The molecule has 144 valence electrons. The van der Waals surface area contributed by atoms with Gasteiger partial charge < -0.3 is 14.5 Å². The Balaban J connectivity index is 1.79. The molecule has 1 aliphatic heterocycles. The number of amides is 1. The third-order valence-electron chi connectivity index (χ3n) is 4.83. The number of carbonyl (C=O) groups excluding carboxylic acids is 1. The molecule has 0 aromatic heterocycles. The third kappa shape index (κ3) is 4.83. The first-order valence-corrected chi connectivity index (χ1v) is 9.09. The maximum absolute atomic E-state index is 13.0. The number of nitrogens with zero attached hydrogens (tertiary/aromatic N) is 2. The fourth-order valence-corrected chi connectivity index (χ4v) is 3.50. The zero-order valence-corrected chi connectivity index (χ0v) is 15.6. The van der Waals surface area contributed by atoms with Gasteiger partial charge in [-0.05, 0) is 62.3 Å². The number of hydrogen-bond donors (Lipinski definition) is 0. The standard InChI is InChI=1S/C21H24F2N2O2/c1-15-14-24(2)11-4-12-25(15)20(26)18-6-3-5-17(13-18)16-7-9-19(10-8-16)27-21(22)23/h3,5-10,13,15,21H,4,11-12,14H2,1-2H3. The summed E-state index contributed by atoms with van der Waals surface area (Å²) in [6.45, 7) is 1.82. The first kappa shape index (κ1) is 19.3. The van der Waals surface area contributed by atoms with E-state index in [2.05, 4.69) is 23.6 Å². The minimum atomic E-state index is -2.84. The summed E-state index contributed by atoms with van der Waals surface area (Å²) in [4.78, 5) is 17.2. The predicted molar refractivity (Wildman–Crippen MR) is 101 cm³/mol. The van der Waals surface area contributed by atoms with Gasteiger partial charge >= 0.3 is 6.61 Å². The molecule has 1 amide bonds. The van der Waals surface area contributed by atoms with Gasteiger partial charge in [-0.2, -0.15) is 8.78 Å². The maximum Gasteiger partial charge on any atom is 0.387 e. The van der Waals surface area contributed by atoms with E-state index in [1.165, 1.54) is 12.1 Å². The Morgan fingerprint density at radius 1 is 1.11 bits per heavy atom. The molecular weight excluding hydrogens is 350 g/mol. The van der Waals surface area contributed by atoms with E-state index in [-0.39, 0.29) is 17.7 Å². The zero-order valence-electron chi connectivity index (χ0n) is 15.6. The molecule has 4 nitrogen and oxygen atoms in total. The lowest BCUT2D eigenvalue weighted by Crippen LogP contribution is -2.42. The molecule has 1 atom stereocenters. The molecule has 1 heterocycles. The van der Waals surface area contributed by atoms with Crippen LogP contribution in [0.4, 0.5) is 8.78 Å². The lowest BCUT2D eigenvalue weighted by molar-refractivity contribution is -0.0498. The van der Waals surface area contributed by atoms with Crippen LogP contribution in [-0.4, -0.2) is 55.0 Å². The van der Waals surface area contributed by atoms with Crippen molar-refractivity contribution in [3.8, 4) is 16.9 Å². The number of halogens is 2. The normalized spacial score (nSPS) is 18.4. The van der Waals surface area contributed by atoms with Crippen LogP contribution in [0.1, 0.15) is 23.7 Å². The molecule has 0 aliphatic carbocycles. The van der Waals surface area contributed by atoms with E-state index in [1.807, 2.05) is 29.2 Å². The predicted octanol–water partition coefficient (Wildman–Crippen LogP) is 4.12. The van der Waals surface area contributed by atoms with E-state index in [0.717, 1.165) is 37.2 Å². The molecule has 0 N–H and O–H groups in total. The number of likely N-dealkylation sites (N-methyl/N-ethyl adjacent to an activating group) is 1. The Kier molecular flexibility index (Phi) is 6.06. The molecule has 2 aromatic carbocycles. The molecule has 1 aliphatic rings. The summed E-state index contributed by atoms with van der Waals surface area (Å²) >= 11 is 0. The molecule has 1 unspecified atom stereocenters. The molecule has 27 heavy (non-hydrogen) atoms. The summed E-state index contributed by atoms with van der Waals surface area (Å²) in [5.74, 6) is 0.140. The van der Waals surface area contributed by atoms with Gasteiger partial charge in [0.2, 0.25) is 0 Å². The van der Waals surface area contributed by atoms with E-state index >= 15 is 0 Å². The van der Waals surface area contributed by atoms with Gasteiger partial charge in [-0.3, -0.25) is 4.79 Å². The van der Waals surface area contributed by atoms with Crippen LogP contribution in [-0.2, 0) is 0 Å². The van der Waals surface area contributed by atoms with Crippen LogP contribution < -0.4 is 4.74 Å². The topological polar surface area (TPSA) is 32.8 Å². The fraction of sp³-hybridized carbons (Fsp3) is 0.381. The van der Waals surface area contributed by atoms with Crippen molar-refractivity contribution in [3.05, 3.63) is 54.1 Å². The van der Waals surface area contributed by atoms with Crippen LogP contribution in [0.25, 0.3) is 11.1 Å². The Hall–Kier alpha value is -2.47. The van der Waals surface area contributed by atoms with Crippen molar-refractivity contribution in [1.82, 2.24) is 9.80 Å². The lowest BCUT2D eigenvalue weighted by atomic mass is 10.0. The van der Waals surface area contributed by atoms with Crippen molar-refractivity contribution in [2.24, 2.45) is 0 Å². The maximum atomic E-state index is 13.0. The van der Waals surface area contributed by atoms with Crippen LogP contribution in [0, 0.1) is 0 Å². The summed E-state index contributed by atoms with van der Waals surface area (Å²) in [5, 5.41) is 0. The number of benzene rings is 2. The van der Waals surface area contributed by atoms with Gasteiger partial charge in [-0.25, -0.2) is 0 Å². The monoisotopic (exact) mass is 374 g/mol. The number of carbonyl (C=O) groups is 1. The number of ether oxygens (including phenoxy) is 1. The molecule has 1 fully saturated rings. The third-order valence-corrected chi connectivity index (χ3v) is 4.83. The molecule has 2 aromatic rings. The first-order chi connectivity index (χ1) is 12.9.